The van der Waals surface area contributed by atoms with Gasteiger partial charge in [0.15, 0.2) is 18.1 Å². The van der Waals surface area contributed by atoms with E-state index in [1.54, 1.807) is 24.3 Å². The average molecular weight is 390 g/mol. The summed E-state index contributed by atoms with van der Waals surface area (Å²) in [6.07, 6.45) is 0. The van der Waals surface area contributed by atoms with E-state index in [9.17, 15) is 9.59 Å². The molecular weight excluding hydrogens is 368 g/mol. The van der Waals surface area contributed by atoms with Crippen LogP contribution in [0.3, 0.4) is 0 Å². The van der Waals surface area contributed by atoms with Crippen LogP contribution in [0.25, 0.3) is 0 Å². The highest BCUT2D eigenvalue weighted by Gasteiger charge is 2.23. The molecule has 0 bridgehead atoms. The van der Waals surface area contributed by atoms with E-state index in [1.807, 2.05) is 0 Å². The van der Waals surface area contributed by atoms with Crippen LogP contribution in [-0.2, 0) is 4.74 Å². The third-order valence-corrected chi connectivity index (χ3v) is 3.97. The number of ketones is 1. The van der Waals surface area contributed by atoms with Crippen molar-refractivity contribution in [1.82, 2.24) is 0 Å². The van der Waals surface area contributed by atoms with E-state index >= 15 is 0 Å². The zero-order valence-corrected chi connectivity index (χ0v) is 16.4. The number of hydrogen-bond acceptors (Lipinski definition) is 8. The molecule has 0 unspecified atom stereocenters. The number of Topliss-reactive ketones (excluding diaryl/α,β-unsaturated/α-hetero) is 1. The summed E-state index contributed by atoms with van der Waals surface area (Å²) in [5.41, 5.74) is 0.380. The summed E-state index contributed by atoms with van der Waals surface area (Å²) in [5.74, 6) is 0.509. The largest absolute Gasteiger partial charge is 0.497 e. The molecule has 0 aliphatic heterocycles. The molecule has 0 aliphatic carbocycles. The summed E-state index contributed by atoms with van der Waals surface area (Å²) in [5, 5.41) is 0. The van der Waals surface area contributed by atoms with Crippen LogP contribution in [0.15, 0.2) is 30.3 Å². The predicted octanol–water partition coefficient (Wildman–Crippen LogP) is 2.77. The summed E-state index contributed by atoms with van der Waals surface area (Å²) in [7, 11) is 7.23. The van der Waals surface area contributed by atoms with Gasteiger partial charge in [-0.3, -0.25) is 4.79 Å². The van der Waals surface area contributed by atoms with Gasteiger partial charge in [0.25, 0.3) is 0 Å². The van der Waals surface area contributed by atoms with Crippen LogP contribution >= 0.6 is 0 Å². The number of rotatable bonds is 9. The zero-order valence-electron chi connectivity index (χ0n) is 16.4. The monoisotopic (exact) mass is 390 g/mol. The van der Waals surface area contributed by atoms with E-state index in [-0.39, 0.29) is 22.6 Å². The van der Waals surface area contributed by atoms with Crippen molar-refractivity contribution in [1.29, 1.82) is 0 Å². The third kappa shape index (κ3) is 4.28. The fraction of sp³-hybridized carbons (Fsp3) is 0.300. The minimum atomic E-state index is -0.737. The van der Waals surface area contributed by atoms with Crippen LogP contribution < -0.4 is 23.7 Å². The van der Waals surface area contributed by atoms with E-state index < -0.39 is 18.4 Å². The first-order valence-electron chi connectivity index (χ1n) is 8.22. The molecule has 2 rings (SSSR count). The highest BCUT2D eigenvalue weighted by molar-refractivity contribution is 6.02. The normalized spacial score (nSPS) is 10.0. The number of carbonyl (C=O) groups excluding carboxylic acids is 2. The van der Waals surface area contributed by atoms with Gasteiger partial charge in [0.05, 0.1) is 41.1 Å². The van der Waals surface area contributed by atoms with Crippen molar-refractivity contribution in [2.75, 3.05) is 42.2 Å². The van der Waals surface area contributed by atoms with Crippen molar-refractivity contribution in [3.63, 3.8) is 0 Å². The molecule has 0 spiro atoms. The van der Waals surface area contributed by atoms with Crippen molar-refractivity contribution in [2.45, 2.75) is 0 Å². The molecule has 0 heterocycles. The number of hydrogen-bond donors (Lipinski definition) is 0. The van der Waals surface area contributed by atoms with Crippen molar-refractivity contribution in [2.24, 2.45) is 0 Å². The van der Waals surface area contributed by atoms with Gasteiger partial charge < -0.3 is 28.4 Å². The Kier molecular flexibility index (Phi) is 7.08. The molecule has 0 N–H and O–H groups in total. The SMILES string of the molecule is COc1ccc(C(=O)COC(=O)c2ccc(OC)c(OC)c2OC)c(OC)c1. The van der Waals surface area contributed by atoms with Gasteiger partial charge in [-0.1, -0.05) is 0 Å². The van der Waals surface area contributed by atoms with Gasteiger partial charge in [0.1, 0.15) is 17.1 Å². The Morgan fingerprint density at radius 3 is 1.93 bits per heavy atom. The molecule has 150 valence electrons. The lowest BCUT2D eigenvalue weighted by Crippen LogP contribution is -2.16. The maximum absolute atomic E-state index is 12.5. The first-order valence-corrected chi connectivity index (χ1v) is 8.22. The van der Waals surface area contributed by atoms with E-state index in [0.29, 0.717) is 17.2 Å². The average Bonchev–Trinajstić information content (AvgIpc) is 2.75. The lowest BCUT2D eigenvalue weighted by Gasteiger charge is -2.15. The van der Waals surface area contributed by atoms with Gasteiger partial charge in [-0.05, 0) is 24.3 Å². The molecule has 0 saturated carbocycles. The van der Waals surface area contributed by atoms with Gasteiger partial charge in [-0.15, -0.1) is 0 Å². The minimum Gasteiger partial charge on any atom is -0.497 e. The molecule has 2 aromatic carbocycles. The lowest BCUT2D eigenvalue weighted by molar-refractivity contribution is 0.0470. The van der Waals surface area contributed by atoms with Gasteiger partial charge in [0, 0.05) is 6.07 Å². The molecule has 8 nitrogen and oxygen atoms in total. The van der Waals surface area contributed by atoms with Crippen molar-refractivity contribution < 1.29 is 38.0 Å². The summed E-state index contributed by atoms with van der Waals surface area (Å²) in [6.45, 7) is -0.473. The molecular formula is C20H22O8. The second-order valence-corrected chi connectivity index (χ2v) is 5.45. The lowest BCUT2D eigenvalue weighted by atomic mass is 10.1. The van der Waals surface area contributed by atoms with Crippen LogP contribution in [-0.4, -0.2) is 53.9 Å². The highest BCUT2D eigenvalue weighted by Crippen LogP contribution is 2.40. The Morgan fingerprint density at radius 2 is 1.36 bits per heavy atom. The van der Waals surface area contributed by atoms with Gasteiger partial charge in [-0.25, -0.2) is 4.79 Å². The van der Waals surface area contributed by atoms with Gasteiger partial charge in [-0.2, -0.15) is 0 Å². The molecule has 0 amide bonds. The van der Waals surface area contributed by atoms with E-state index in [0.717, 1.165) is 0 Å². The highest BCUT2D eigenvalue weighted by atomic mass is 16.5. The van der Waals surface area contributed by atoms with Gasteiger partial charge in [0.2, 0.25) is 11.5 Å². The number of ether oxygens (including phenoxy) is 6. The maximum atomic E-state index is 12.5. The Morgan fingerprint density at radius 1 is 0.714 bits per heavy atom. The first kappa shape index (κ1) is 20.9. The second-order valence-electron chi connectivity index (χ2n) is 5.45. The Bertz CT molecular complexity index is 860. The Labute approximate surface area is 162 Å². The first-order chi connectivity index (χ1) is 13.5. The summed E-state index contributed by atoms with van der Waals surface area (Å²) in [4.78, 5) is 24.9. The van der Waals surface area contributed by atoms with E-state index in [2.05, 4.69) is 0 Å². The van der Waals surface area contributed by atoms with Crippen LogP contribution in [0.5, 0.6) is 28.7 Å². The summed E-state index contributed by atoms with van der Waals surface area (Å²) in [6, 6.07) is 7.76. The van der Waals surface area contributed by atoms with E-state index in [1.165, 1.54) is 41.6 Å². The summed E-state index contributed by atoms with van der Waals surface area (Å²) < 4.78 is 31.1. The van der Waals surface area contributed by atoms with Crippen molar-refractivity contribution >= 4 is 11.8 Å². The fourth-order valence-corrected chi connectivity index (χ4v) is 2.58. The molecule has 0 fully saturated rings. The number of methoxy groups -OCH3 is 5. The second kappa shape index (κ2) is 9.50. The Hall–Kier alpha value is -3.42. The molecule has 0 saturated heterocycles. The minimum absolute atomic E-state index is 0.106. The number of esters is 1. The molecule has 0 atom stereocenters. The zero-order chi connectivity index (χ0) is 20.7. The molecule has 0 aliphatic rings. The van der Waals surface area contributed by atoms with Crippen molar-refractivity contribution in [3.05, 3.63) is 41.5 Å². The quantitative estimate of drug-likeness (QED) is 0.477. The molecule has 28 heavy (non-hydrogen) atoms. The van der Waals surface area contributed by atoms with Crippen LogP contribution in [0, 0.1) is 0 Å². The smallest absolute Gasteiger partial charge is 0.342 e. The Balaban J connectivity index is 2.19. The number of carbonyl (C=O) groups is 2. The van der Waals surface area contributed by atoms with Crippen LogP contribution in [0.4, 0.5) is 0 Å². The molecule has 8 heteroatoms. The third-order valence-electron chi connectivity index (χ3n) is 3.97. The molecule has 2 aromatic rings. The fourth-order valence-electron chi connectivity index (χ4n) is 2.58. The summed E-state index contributed by atoms with van der Waals surface area (Å²) >= 11 is 0. The van der Waals surface area contributed by atoms with Crippen molar-refractivity contribution in [3.8, 4) is 28.7 Å². The topological polar surface area (TPSA) is 89.5 Å². The maximum Gasteiger partial charge on any atom is 0.342 e. The standard InChI is InChI=1S/C20H22O8/c1-23-12-6-7-13(17(10-12)25-3)15(21)11-28-20(22)14-8-9-16(24-2)19(27-5)18(14)26-4/h6-10H,11H2,1-5H3. The molecule has 0 radical (unpaired) electrons. The van der Waals surface area contributed by atoms with Crippen LogP contribution in [0.2, 0.25) is 0 Å². The number of benzene rings is 2. The van der Waals surface area contributed by atoms with Crippen LogP contribution in [0.1, 0.15) is 20.7 Å². The molecule has 0 aromatic heterocycles. The van der Waals surface area contributed by atoms with E-state index in [4.69, 9.17) is 28.4 Å². The predicted molar refractivity (Wildman–Crippen MR) is 100 cm³/mol. The van der Waals surface area contributed by atoms with Gasteiger partial charge >= 0.3 is 5.97 Å².